The van der Waals surface area contributed by atoms with Crippen molar-refractivity contribution in [3.8, 4) is 0 Å². The molecule has 9 aliphatic rings. The quantitative estimate of drug-likeness (QED) is 0.114. The maximum Gasteiger partial charge on any atom is 0.187 e. The van der Waals surface area contributed by atoms with Crippen molar-refractivity contribution in [1.29, 1.82) is 0 Å². The highest BCUT2D eigenvalue weighted by atomic mass is 16.8. The summed E-state index contributed by atoms with van der Waals surface area (Å²) in [6, 6.07) is 0. The Bertz CT molecular complexity index is 1600. The Balaban J connectivity index is 0.848. The van der Waals surface area contributed by atoms with Crippen LogP contribution in [0.5, 0.6) is 0 Å². The standard InChI is InChI=1S/C45H74O19/c1-18-7-10-45(57-17-18)19(2)30-26(64-45)12-23-21-6-5-20-11-25(24(49)13-44(20,4)22(21)8-9-43(23,30)3)58-40-37(56)35(54)38(29(16-48)61-40)62-42-39(34(53)32(51)28(15-47)60-42)63-41-36(55)33(52)31(50)27(14-46)59-41/h18-42,46-56H,5-17H2,1-4H3/t18-,19-,20-,21+,22-,23-,24+,25+,26-,27+,28+,29+,30-,31-,32+,33-,34-,35+,36+,37+,38-,39+,40+,41-,42-,43-,44-,45+/m0/s1. The molecule has 19 nitrogen and oxygen atoms in total. The number of hydrogen-bond acceptors (Lipinski definition) is 19. The number of aliphatic hydroxyl groups is 11. The molecule has 9 fully saturated rings. The van der Waals surface area contributed by atoms with Gasteiger partial charge < -0.3 is 94.1 Å². The molecule has 368 valence electrons. The maximum atomic E-state index is 11.8. The minimum atomic E-state index is -1.91. The average molecular weight is 919 g/mol. The van der Waals surface area contributed by atoms with Gasteiger partial charge in [0.1, 0.15) is 73.2 Å². The van der Waals surface area contributed by atoms with Gasteiger partial charge in [-0.2, -0.15) is 0 Å². The van der Waals surface area contributed by atoms with E-state index in [1.165, 1.54) is 0 Å². The molecule has 0 bridgehead atoms. The minimum absolute atomic E-state index is 0.144. The molecule has 0 radical (unpaired) electrons. The van der Waals surface area contributed by atoms with E-state index in [1.54, 1.807) is 0 Å². The molecule has 0 aromatic carbocycles. The lowest BCUT2D eigenvalue weighted by atomic mass is 9.44. The second-order valence-corrected chi connectivity index (χ2v) is 21.7. The van der Waals surface area contributed by atoms with Gasteiger partial charge in [0.15, 0.2) is 24.7 Å². The van der Waals surface area contributed by atoms with E-state index in [1.807, 2.05) is 0 Å². The van der Waals surface area contributed by atoms with E-state index in [4.69, 9.17) is 37.9 Å². The van der Waals surface area contributed by atoms with Gasteiger partial charge in [-0.25, -0.2) is 0 Å². The first-order chi connectivity index (χ1) is 30.4. The van der Waals surface area contributed by atoms with Crippen molar-refractivity contribution in [2.45, 2.75) is 202 Å². The normalized spacial score (nSPS) is 58.6. The van der Waals surface area contributed by atoms with Crippen LogP contribution in [0, 0.1) is 52.3 Å². The summed E-state index contributed by atoms with van der Waals surface area (Å²) in [5, 5.41) is 118. The van der Waals surface area contributed by atoms with Crippen molar-refractivity contribution in [1.82, 2.24) is 0 Å². The van der Waals surface area contributed by atoms with E-state index in [9.17, 15) is 56.2 Å². The molecule has 5 heterocycles. The summed E-state index contributed by atoms with van der Waals surface area (Å²) in [7, 11) is 0. The van der Waals surface area contributed by atoms with Gasteiger partial charge >= 0.3 is 0 Å². The predicted octanol–water partition coefficient (Wildman–Crippen LogP) is -1.76. The molecule has 5 saturated heterocycles. The molecule has 4 saturated carbocycles. The van der Waals surface area contributed by atoms with Crippen molar-refractivity contribution in [3.63, 3.8) is 0 Å². The van der Waals surface area contributed by atoms with Crippen molar-refractivity contribution >= 4 is 0 Å². The number of fused-ring (bicyclic) bond motifs is 7. The van der Waals surface area contributed by atoms with Crippen molar-refractivity contribution in [2.24, 2.45) is 52.3 Å². The first-order valence-corrected chi connectivity index (χ1v) is 23.9. The van der Waals surface area contributed by atoms with Crippen molar-refractivity contribution < 1.29 is 94.1 Å². The molecule has 0 amide bonds. The van der Waals surface area contributed by atoms with Crippen LogP contribution in [-0.2, 0) is 37.9 Å². The van der Waals surface area contributed by atoms with Gasteiger partial charge in [-0.1, -0.05) is 27.7 Å². The second-order valence-electron chi connectivity index (χ2n) is 21.7. The Morgan fingerprint density at radius 3 is 1.86 bits per heavy atom. The highest BCUT2D eigenvalue weighted by Gasteiger charge is 2.69. The van der Waals surface area contributed by atoms with Gasteiger partial charge in [-0.3, -0.25) is 0 Å². The lowest BCUT2D eigenvalue weighted by Crippen LogP contribution is -2.67. The van der Waals surface area contributed by atoms with Crippen LogP contribution in [0.3, 0.4) is 0 Å². The molecular formula is C45H74O19. The molecule has 0 unspecified atom stereocenters. The van der Waals surface area contributed by atoms with E-state index in [-0.39, 0.29) is 22.9 Å². The van der Waals surface area contributed by atoms with E-state index < -0.39 is 130 Å². The fraction of sp³-hybridized carbons (Fsp3) is 1.00. The van der Waals surface area contributed by atoms with Crippen LogP contribution in [0.1, 0.15) is 85.5 Å². The van der Waals surface area contributed by atoms with Gasteiger partial charge in [0.25, 0.3) is 0 Å². The number of rotatable bonds is 9. The van der Waals surface area contributed by atoms with Gasteiger partial charge in [0.05, 0.1) is 44.7 Å². The summed E-state index contributed by atoms with van der Waals surface area (Å²) in [5.41, 5.74) is 0.0147. The minimum Gasteiger partial charge on any atom is -0.394 e. The molecule has 1 spiro atoms. The monoisotopic (exact) mass is 918 g/mol. The molecule has 0 aromatic rings. The Kier molecular flexibility index (Phi) is 13.7. The van der Waals surface area contributed by atoms with Crippen molar-refractivity contribution in [3.05, 3.63) is 0 Å². The summed E-state index contributed by atoms with van der Waals surface area (Å²) in [6.45, 7) is 7.85. The van der Waals surface area contributed by atoms with Crippen molar-refractivity contribution in [2.75, 3.05) is 26.4 Å². The van der Waals surface area contributed by atoms with Crippen LogP contribution in [0.25, 0.3) is 0 Å². The Hall–Kier alpha value is -0.760. The SMILES string of the molecule is C[C@H]1CC[C@@]2(OC1)O[C@H]1C[C@H]3[C@@H]4CC[C@H]5C[C@@H](O[C@@H]6O[C@H](CO)[C@H](O[C@@H]7O[C@H](CO)[C@@H](O)[C@H](O)[C@H]7O[C@@H]7O[C@H](CO)[C@H](O)[C@H](O)[C@H]7O)[C@H](O)[C@H]6O)[C@H](O)C[C@]5(C)[C@H]4CC[C@]3(C)[C@H]1[C@@H]2C. The van der Waals surface area contributed by atoms with Gasteiger partial charge in [0, 0.05) is 12.3 Å². The third-order valence-electron chi connectivity index (χ3n) is 18.3. The zero-order chi connectivity index (χ0) is 45.8. The first-order valence-electron chi connectivity index (χ1n) is 23.9. The molecule has 11 N–H and O–H groups in total. The Labute approximate surface area is 373 Å². The molecule has 0 aromatic heterocycles. The average Bonchev–Trinajstić information content (AvgIpc) is 3.72. The van der Waals surface area contributed by atoms with Crippen LogP contribution in [-0.4, -0.2) is 199 Å². The van der Waals surface area contributed by atoms with E-state index in [0.717, 1.165) is 51.6 Å². The lowest BCUT2D eigenvalue weighted by Gasteiger charge is -2.62. The van der Waals surface area contributed by atoms with Gasteiger partial charge in [-0.05, 0) is 97.7 Å². The number of hydrogen-bond donors (Lipinski definition) is 11. The molecule has 19 heteroatoms. The summed E-state index contributed by atoms with van der Waals surface area (Å²) in [5.74, 6) is 2.57. The number of ether oxygens (including phenoxy) is 8. The first kappa shape index (κ1) is 48.3. The smallest absolute Gasteiger partial charge is 0.187 e. The summed E-state index contributed by atoms with van der Waals surface area (Å²) in [6.07, 6.45) is -18.5. The van der Waals surface area contributed by atoms with E-state index in [0.29, 0.717) is 48.3 Å². The number of aliphatic hydroxyl groups excluding tert-OH is 11. The van der Waals surface area contributed by atoms with Crippen LogP contribution in [0.4, 0.5) is 0 Å². The van der Waals surface area contributed by atoms with Crippen LogP contribution in [0.15, 0.2) is 0 Å². The van der Waals surface area contributed by atoms with E-state index in [2.05, 4.69) is 27.7 Å². The van der Waals surface area contributed by atoms with Gasteiger partial charge in [0.2, 0.25) is 0 Å². The highest BCUT2D eigenvalue weighted by Crippen LogP contribution is 2.71. The van der Waals surface area contributed by atoms with Crippen LogP contribution >= 0.6 is 0 Å². The third-order valence-corrected chi connectivity index (χ3v) is 18.3. The zero-order valence-corrected chi connectivity index (χ0v) is 37.3. The summed E-state index contributed by atoms with van der Waals surface area (Å²) in [4.78, 5) is 0. The van der Waals surface area contributed by atoms with E-state index >= 15 is 0 Å². The predicted molar refractivity (Wildman–Crippen MR) is 217 cm³/mol. The third kappa shape index (κ3) is 7.85. The molecule has 28 atom stereocenters. The molecular weight excluding hydrogens is 844 g/mol. The molecule has 9 rings (SSSR count). The molecule has 5 aliphatic heterocycles. The molecule has 64 heavy (non-hydrogen) atoms. The van der Waals surface area contributed by atoms with Gasteiger partial charge in [-0.15, -0.1) is 0 Å². The summed E-state index contributed by atoms with van der Waals surface area (Å²) < 4.78 is 48.7. The summed E-state index contributed by atoms with van der Waals surface area (Å²) >= 11 is 0. The largest absolute Gasteiger partial charge is 0.394 e. The topological polar surface area (TPSA) is 296 Å². The van der Waals surface area contributed by atoms with Crippen LogP contribution in [0.2, 0.25) is 0 Å². The maximum absolute atomic E-state index is 11.8. The highest BCUT2D eigenvalue weighted by molar-refractivity contribution is 5.16. The Morgan fingerprint density at radius 2 is 1.19 bits per heavy atom. The second kappa shape index (κ2) is 18.2. The lowest BCUT2D eigenvalue weighted by molar-refractivity contribution is -0.391. The fourth-order valence-corrected chi connectivity index (χ4v) is 14.7. The zero-order valence-electron chi connectivity index (χ0n) is 37.3. The molecule has 4 aliphatic carbocycles. The Morgan fingerprint density at radius 1 is 0.578 bits per heavy atom. The fourth-order valence-electron chi connectivity index (χ4n) is 14.7. The van der Waals surface area contributed by atoms with Crippen LogP contribution < -0.4 is 0 Å².